The van der Waals surface area contributed by atoms with Crippen LogP contribution >= 0.6 is 0 Å². The van der Waals surface area contributed by atoms with Crippen LogP contribution in [0.5, 0.6) is 0 Å². The molecule has 0 aliphatic carbocycles. The van der Waals surface area contributed by atoms with Gasteiger partial charge in [0.1, 0.15) is 0 Å². The Morgan fingerprint density at radius 1 is 1.50 bits per heavy atom. The molecule has 0 radical (unpaired) electrons. The Balaban J connectivity index is 2.08. The predicted octanol–water partition coefficient (Wildman–Crippen LogP) is 0.817. The third-order valence-electron chi connectivity index (χ3n) is 3.16. The summed E-state index contributed by atoms with van der Waals surface area (Å²) in [5, 5.41) is 11.3. The Morgan fingerprint density at radius 2 is 2.25 bits per heavy atom. The van der Waals surface area contributed by atoms with Crippen molar-refractivity contribution >= 4 is 23.2 Å². The number of fused-ring (bicyclic) bond motifs is 1. The fourth-order valence-corrected chi connectivity index (χ4v) is 2.07. The summed E-state index contributed by atoms with van der Waals surface area (Å²) in [6.45, 7) is 0.693. The molecular weight excluding hydrogens is 256 g/mol. The van der Waals surface area contributed by atoms with Crippen LogP contribution in [0, 0.1) is 11.3 Å². The van der Waals surface area contributed by atoms with Crippen molar-refractivity contribution in [3.05, 3.63) is 24.3 Å². The van der Waals surface area contributed by atoms with Crippen LogP contribution < -0.4 is 10.2 Å². The van der Waals surface area contributed by atoms with Crippen LogP contribution in [0.25, 0.3) is 0 Å². The quantitative estimate of drug-likeness (QED) is 0.880. The second-order valence-electron chi connectivity index (χ2n) is 4.64. The molecule has 0 unspecified atom stereocenters. The number of nitrogens with one attached hydrogen (secondary N) is 1. The highest BCUT2D eigenvalue weighted by molar-refractivity contribution is 6.02. The molecule has 1 N–H and O–H groups in total. The number of carbonyl (C=O) groups excluding carboxylic acids is 2. The number of hydrogen-bond acceptors (Lipinski definition) is 4. The van der Waals surface area contributed by atoms with Gasteiger partial charge in [-0.15, -0.1) is 0 Å². The molecule has 1 aliphatic heterocycles. The van der Waals surface area contributed by atoms with E-state index in [2.05, 4.69) is 5.32 Å². The van der Waals surface area contributed by atoms with Gasteiger partial charge in [-0.1, -0.05) is 12.1 Å². The first-order chi connectivity index (χ1) is 9.61. The second-order valence-corrected chi connectivity index (χ2v) is 4.64. The highest BCUT2D eigenvalue weighted by atomic mass is 16.2. The van der Waals surface area contributed by atoms with E-state index < -0.39 is 0 Å². The highest BCUT2D eigenvalue weighted by Crippen LogP contribution is 2.28. The normalized spacial score (nSPS) is 13.2. The molecule has 1 aromatic rings. The van der Waals surface area contributed by atoms with Crippen molar-refractivity contribution in [3.8, 4) is 6.07 Å². The third kappa shape index (κ3) is 3.06. The van der Waals surface area contributed by atoms with Gasteiger partial charge in [0.2, 0.25) is 11.8 Å². The van der Waals surface area contributed by atoms with Gasteiger partial charge >= 0.3 is 0 Å². The lowest BCUT2D eigenvalue weighted by Gasteiger charge is -2.31. The van der Waals surface area contributed by atoms with Gasteiger partial charge in [0, 0.05) is 13.6 Å². The summed E-state index contributed by atoms with van der Waals surface area (Å²) in [5.41, 5.74) is 1.56. The van der Waals surface area contributed by atoms with Crippen LogP contribution in [0.2, 0.25) is 0 Å². The van der Waals surface area contributed by atoms with E-state index in [0.717, 1.165) is 11.4 Å². The molecule has 0 fully saturated rings. The Morgan fingerprint density at radius 3 is 3.00 bits per heavy atom. The molecule has 0 saturated carbocycles. The zero-order chi connectivity index (χ0) is 14.5. The van der Waals surface area contributed by atoms with Crippen LogP contribution in [0.3, 0.4) is 0 Å². The third-order valence-corrected chi connectivity index (χ3v) is 3.16. The number of para-hydroxylation sites is 2. The fourth-order valence-electron chi connectivity index (χ4n) is 2.07. The first-order valence-corrected chi connectivity index (χ1v) is 6.36. The van der Waals surface area contributed by atoms with Gasteiger partial charge in [0.05, 0.1) is 37.0 Å². The number of hydrogen-bond donors (Lipinski definition) is 1. The molecule has 0 spiro atoms. The number of anilines is 2. The van der Waals surface area contributed by atoms with Crippen LogP contribution in [-0.2, 0) is 9.59 Å². The summed E-state index contributed by atoms with van der Waals surface area (Å²) in [5.74, 6) is -0.235. The first kappa shape index (κ1) is 13.9. The number of amides is 2. The first-order valence-electron chi connectivity index (χ1n) is 6.36. The van der Waals surface area contributed by atoms with E-state index >= 15 is 0 Å². The van der Waals surface area contributed by atoms with Gasteiger partial charge in [-0.05, 0) is 12.1 Å². The van der Waals surface area contributed by atoms with Gasteiger partial charge in [0.25, 0.3) is 0 Å². The maximum atomic E-state index is 12.1. The Hall–Kier alpha value is -2.55. The van der Waals surface area contributed by atoms with Crippen molar-refractivity contribution < 1.29 is 9.59 Å². The average molecular weight is 272 g/mol. The molecule has 1 aliphatic rings. The maximum absolute atomic E-state index is 12.1. The van der Waals surface area contributed by atoms with Gasteiger partial charge in [0.15, 0.2) is 0 Å². The minimum Gasteiger partial charge on any atom is -0.351 e. The number of nitrogens with zero attached hydrogens (tertiary/aromatic N) is 3. The van der Waals surface area contributed by atoms with E-state index in [9.17, 15) is 9.59 Å². The minimum absolute atomic E-state index is 0.107. The summed E-state index contributed by atoms with van der Waals surface area (Å²) in [7, 11) is 1.66. The van der Waals surface area contributed by atoms with Gasteiger partial charge in [-0.25, -0.2) is 0 Å². The van der Waals surface area contributed by atoms with Gasteiger partial charge in [-0.3, -0.25) is 9.59 Å². The number of carbonyl (C=O) groups is 2. The topological polar surface area (TPSA) is 76.4 Å². The molecule has 1 heterocycles. The zero-order valence-electron chi connectivity index (χ0n) is 11.3. The second kappa shape index (κ2) is 6.06. The van der Waals surface area contributed by atoms with Gasteiger partial charge < -0.3 is 15.1 Å². The van der Waals surface area contributed by atoms with E-state index in [1.165, 1.54) is 4.90 Å². The van der Waals surface area contributed by atoms with Crippen LogP contribution in [-0.4, -0.2) is 43.4 Å². The van der Waals surface area contributed by atoms with Gasteiger partial charge in [-0.2, -0.15) is 5.26 Å². The van der Waals surface area contributed by atoms with Crippen molar-refractivity contribution in [1.29, 1.82) is 5.26 Å². The Kier molecular flexibility index (Phi) is 4.20. The van der Waals surface area contributed by atoms with E-state index in [0.29, 0.717) is 13.0 Å². The molecular formula is C14H16N4O2. The highest BCUT2D eigenvalue weighted by Gasteiger charge is 2.24. The molecule has 104 valence electrons. The van der Waals surface area contributed by atoms with E-state index in [4.69, 9.17) is 5.26 Å². The lowest BCUT2D eigenvalue weighted by atomic mass is 10.2. The smallest absolute Gasteiger partial charge is 0.243 e. The zero-order valence-corrected chi connectivity index (χ0v) is 11.3. The Bertz CT molecular complexity index is 565. The van der Waals surface area contributed by atoms with Crippen molar-refractivity contribution in [3.63, 3.8) is 0 Å². The maximum Gasteiger partial charge on any atom is 0.243 e. The van der Waals surface area contributed by atoms with Crippen molar-refractivity contribution in [1.82, 2.24) is 4.90 Å². The SMILES string of the molecule is CN(CCC#N)C(=O)CN1CC(=O)Nc2ccccc21. The van der Waals surface area contributed by atoms with E-state index in [1.807, 2.05) is 30.3 Å². The standard InChI is InChI=1S/C14H16N4O2/c1-17(8-4-7-15)14(20)10-18-9-13(19)16-11-5-2-3-6-12(11)18/h2-3,5-6H,4,8-10H2,1H3,(H,16,19). The van der Waals surface area contributed by atoms with Crippen molar-refractivity contribution in [2.24, 2.45) is 0 Å². The molecule has 2 rings (SSSR count). The average Bonchev–Trinajstić information content (AvgIpc) is 2.44. The summed E-state index contributed by atoms with van der Waals surface area (Å²) in [4.78, 5) is 27.0. The number of rotatable bonds is 4. The molecule has 0 saturated heterocycles. The fraction of sp³-hybridized carbons (Fsp3) is 0.357. The van der Waals surface area contributed by atoms with Crippen molar-refractivity contribution in [2.75, 3.05) is 36.9 Å². The van der Waals surface area contributed by atoms with E-state index in [1.54, 1.807) is 11.9 Å². The van der Waals surface area contributed by atoms with Crippen LogP contribution in [0.1, 0.15) is 6.42 Å². The largest absolute Gasteiger partial charge is 0.351 e. The summed E-state index contributed by atoms with van der Waals surface area (Å²) in [6, 6.07) is 9.39. The minimum atomic E-state index is -0.129. The summed E-state index contributed by atoms with van der Waals surface area (Å²) < 4.78 is 0. The van der Waals surface area contributed by atoms with Crippen LogP contribution in [0.4, 0.5) is 11.4 Å². The summed E-state index contributed by atoms with van der Waals surface area (Å²) >= 11 is 0. The molecule has 6 nitrogen and oxygen atoms in total. The van der Waals surface area contributed by atoms with Crippen LogP contribution in [0.15, 0.2) is 24.3 Å². The molecule has 6 heteroatoms. The lowest BCUT2D eigenvalue weighted by molar-refractivity contribution is -0.128. The van der Waals surface area contributed by atoms with E-state index in [-0.39, 0.29) is 24.9 Å². The molecule has 20 heavy (non-hydrogen) atoms. The monoisotopic (exact) mass is 272 g/mol. The number of nitriles is 1. The Labute approximate surface area is 117 Å². The van der Waals surface area contributed by atoms with Crippen molar-refractivity contribution in [2.45, 2.75) is 6.42 Å². The molecule has 0 bridgehead atoms. The number of benzene rings is 1. The predicted molar refractivity (Wildman–Crippen MR) is 75.2 cm³/mol. The molecule has 2 amide bonds. The molecule has 0 atom stereocenters. The molecule has 0 aromatic heterocycles. The summed E-state index contributed by atoms with van der Waals surface area (Å²) in [6.07, 6.45) is 0.305. The number of likely N-dealkylation sites (N-methyl/N-ethyl adjacent to an activating group) is 1. The molecule has 1 aromatic carbocycles. The lowest BCUT2D eigenvalue weighted by Crippen LogP contribution is -2.44.